The number of methoxy groups -OCH3 is 1. The quantitative estimate of drug-likeness (QED) is 0.773. The van der Waals surface area contributed by atoms with Gasteiger partial charge in [0.25, 0.3) is 0 Å². The molecule has 0 heterocycles. The molecule has 1 atom stereocenters. The third-order valence-corrected chi connectivity index (χ3v) is 3.52. The molecule has 0 aliphatic carbocycles. The lowest BCUT2D eigenvalue weighted by molar-refractivity contribution is -0.0274. The van der Waals surface area contributed by atoms with Crippen LogP contribution in [0.2, 0.25) is 0 Å². The van der Waals surface area contributed by atoms with E-state index in [1.165, 1.54) is 0 Å². The first kappa shape index (κ1) is 17.7. The molecule has 0 spiro atoms. The second-order valence-corrected chi connectivity index (χ2v) is 6.45. The second kappa shape index (κ2) is 8.20. The van der Waals surface area contributed by atoms with Gasteiger partial charge in [0.1, 0.15) is 5.75 Å². The molecular formula is C18H28O3. The van der Waals surface area contributed by atoms with Crippen LogP contribution in [-0.4, -0.2) is 24.9 Å². The van der Waals surface area contributed by atoms with Crippen LogP contribution in [0.4, 0.5) is 0 Å². The lowest BCUT2D eigenvalue weighted by Crippen LogP contribution is -2.29. The maximum atomic E-state index is 8.98. The highest BCUT2D eigenvalue weighted by Crippen LogP contribution is 2.28. The SMILES string of the molecule is COc1ccc(CO[C@@H](C/C(C)=C/CO)C(C)(C)C)cc1. The summed E-state index contributed by atoms with van der Waals surface area (Å²) in [5.74, 6) is 0.854. The molecule has 1 N–H and O–H groups in total. The summed E-state index contributed by atoms with van der Waals surface area (Å²) in [6.07, 6.45) is 2.79. The molecule has 0 fully saturated rings. The van der Waals surface area contributed by atoms with Crippen molar-refractivity contribution in [3.8, 4) is 5.75 Å². The molecule has 3 heteroatoms. The van der Waals surface area contributed by atoms with Crippen molar-refractivity contribution >= 4 is 0 Å². The number of benzene rings is 1. The minimum atomic E-state index is 0.0526. The fourth-order valence-electron chi connectivity index (χ4n) is 2.07. The molecule has 0 saturated heterocycles. The Hall–Kier alpha value is -1.32. The minimum Gasteiger partial charge on any atom is -0.497 e. The predicted molar refractivity (Wildman–Crippen MR) is 86.5 cm³/mol. The Labute approximate surface area is 128 Å². The average molecular weight is 292 g/mol. The Morgan fingerprint density at radius 3 is 2.33 bits per heavy atom. The van der Waals surface area contributed by atoms with Gasteiger partial charge in [-0.05, 0) is 36.5 Å². The van der Waals surface area contributed by atoms with E-state index in [0.717, 1.165) is 23.3 Å². The first-order chi connectivity index (χ1) is 9.86. The molecular weight excluding hydrogens is 264 g/mol. The summed E-state index contributed by atoms with van der Waals surface area (Å²) >= 11 is 0. The normalized spacial score (nSPS) is 14.1. The molecule has 0 radical (unpaired) electrons. The van der Waals surface area contributed by atoms with Crippen molar-refractivity contribution in [2.45, 2.75) is 46.8 Å². The Balaban J connectivity index is 2.66. The van der Waals surface area contributed by atoms with Crippen molar-refractivity contribution in [3.63, 3.8) is 0 Å². The second-order valence-electron chi connectivity index (χ2n) is 6.45. The van der Waals surface area contributed by atoms with Crippen molar-refractivity contribution in [2.75, 3.05) is 13.7 Å². The minimum absolute atomic E-state index is 0.0526. The first-order valence-corrected chi connectivity index (χ1v) is 7.38. The number of ether oxygens (including phenoxy) is 2. The maximum Gasteiger partial charge on any atom is 0.118 e. The molecule has 1 aromatic carbocycles. The van der Waals surface area contributed by atoms with Crippen LogP contribution in [-0.2, 0) is 11.3 Å². The van der Waals surface area contributed by atoms with Gasteiger partial charge in [-0.3, -0.25) is 0 Å². The smallest absolute Gasteiger partial charge is 0.118 e. The van der Waals surface area contributed by atoms with Crippen LogP contribution in [0, 0.1) is 5.41 Å². The third-order valence-electron chi connectivity index (χ3n) is 3.52. The van der Waals surface area contributed by atoms with E-state index in [4.69, 9.17) is 14.6 Å². The monoisotopic (exact) mass is 292 g/mol. The molecule has 0 saturated carbocycles. The third kappa shape index (κ3) is 6.32. The number of aliphatic hydroxyl groups excluding tert-OH is 1. The first-order valence-electron chi connectivity index (χ1n) is 7.38. The molecule has 1 rings (SSSR count). The molecule has 21 heavy (non-hydrogen) atoms. The highest BCUT2D eigenvalue weighted by atomic mass is 16.5. The Bertz CT molecular complexity index is 441. The van der Waals surface area contributed by atoms with E-state index in [1.807, 2.05) is 37.3 Å². The molecule has 3 nitrogen and oxygen atoms in total. The van der Waals surface area contributed by atoms with Crippen LogP contribution in [0.25, 0.3) is 0 Å². The zero-order valence-electron chi connectivity index (χ0n) is 13.8. The van der Waals surface area contributed by atoms with Gasteiger partial charge in [-0.1, -0.05) is 44.6 Å². The summed E-state index contributed by atoms with van der Waals surface area (Å²) < 4.78 is 11.3. The van der Waals surface area contributed by atoms with Gasteiger partial charge in [0.2, 0.25) is 0 Å². The number of hydrogen-bond acceptors (Lipinski definition) is 3. The van der Waals surface area contributed by atoms with Gasteiger partial charge in [-0.2, -0.15) is 0 Å². The molecule has 0 bridgehead atoms. The molecule has 0 aliphatic heterocycles. The van der Waals surface area contributed by atoms with E-state index in [1.54, 1.807) is 7.11 Å². The van der Waals surface area contributed by atoms with Crippen molar-refractivity contribution < 1.29 is 14.6 Å². The van der Waals surface area contributed by atoms with Crippen molar-refractivity contribution in [3.05, 3.63) is 41.5 Å². The summed E-state index contributed by atoms with van der Waals surface area (Å²) in [5, 5.41) is 8.98. The maximum absolute atomic E-state index is 8.98. The van der Waals surface area contributed by atoms with Gasteiger partial charge < -0.3 is 14.6 Å². The fraction of sp³-hybridized carbons (Fsp3) is 0.556. The highest BCUT2D eigenvalue weighted by molar-refractivity contribution is 5.26. The van der Waals surface area contributed by atoms with Gasteiger partial charge in [0.15, 0.2) is 0 Å². The number of hydrogen-bond donors (Lipinski definition) is 1. The summed E-state index contributed by atoms with van der Waals surface area (Å²) in [6, 6.07) is 7.94. The summed E-state index contributed by atoms with van der Waals surface area (Å²) in [6.45, 7) is 9.24. The number of rotatable bonds is 7. The van der Waals surface area contributed by atoms with Crippen LogP contribution in [0.15, 0.2) is 35.9 Å². The zero-order chi connectivity index (χ0) is 15.9. The lowest BCUT2D eigenvalue weighted by Gasteiger charge is -2.31. The van der Waals surface area contributed by atoms with Crippen LogP contribution in [0.3, 0.4) is 0 Å². The molecule has 0 amide bonds. The Morgan fingerprint density at radius 2 is 1.86 bits per heavy atom. The molecule has 0 aromatic heterocycles. The standard InChI is InChI=1S/C18H28O3/c1-14(10-11-19)12-17(18(2,3)4)21-13-15-6-8-16(20-5)9-7-15/h6-10,17,19H,11-13H2,1-5H3/b14-10+/t17-/m0/s1. The highest BCUT2D eigenvalue weighted by Gasteiger charge is 2.25. The predicted octanol–water partition coefficient (Wildman–Crippen LogP) is 3.96. The molecule has 0 aliphatic rings. The largest absolute Gasteiger partial charge is 0.497 e. The van der Waals surface area contributed by atoms with E-state index in [0.29, 0.717) is 6.61 Å². The van der Waals surface area contributed by atoms with Gasteiger partial charge in [0.05, 0.1) is 26.4 Å². The molecule has 0 unspecified atom stereocenters. The average Bonchev–Trinajstić information content (AvgIpc) is 2.43. The summed E-state index contributed by atoms with van der Waals surface area (Å²) in [5.41, 5.74) is 2.35. The van der Waals surface area contributed by atoms with Gasteiger partial charge in [-0.15, -0.1) is 0 Å². The summed E-state index contributed by atoms with van der Waals surface area (Å²) in [7, 11) is 1.66. The van der Waals surface area contributed by atoms with E-state index in [-0.39, 0.29) is 18.1 Å². The lowest BCUT2D eigenvalue weighted by atomic mass is 9.85. The van der Waals surface area contributed by atoms with Crippen molar-refractivity contribution in [1.29, 1.82) is 0 Å². The van der Waals surface area contributed by atoms with Gasteiger partial charge >= 0.3 is 0 Å². The zero-order valence-corrected chi connectivity index (χ0v) is 13.8. The van der Waals surface area contributed by atoms with E-state index in [9.17, 15) is 0 Å². The van der Waals surface area contributed by atoms with E-state index in [2.05, 4.69) is 20.8 Å². The van der Waals surface area contributed by atoms with Crippen LogP contribution in [0.1, 0.15) is 39.7 Å². The topological polar surface area (TPSA) is 38.7 Å². The van der Waals surface area contributed by atoms with Crippen LogP contribution in [0.5, 0.6) is 5.75 Å². The van der Waals surface area contributed by atoms with Crippen molar-refractivity contribution in [1.82, 2.24) is 0 Å². The number of aliphatic hydroxyl groups is 1. The van der Waals surface area contributed by atoms with Gasteiger partial charge in [-0.25, -0.2) is 0 Å². The van der Waals surface area contributed by atoms with E-state index < -0.39 is 0 Å². The Morgan fingerprint density at radius 1 is 1.24 bits per heavy atom. The molecule has 1 aromatic rings. The Kier molecular flexibility index (Phi) is 6.93. The summed E-state index contributed by atoms with van der Waals surface area (Å²) in [4.78, 5) is 0. The molecule has 118 valence electrons. The van der Waals surface area contributed by atoms with Crippen LogP contribution >= 0.6 is 0 Å². The van der Waals surface area contributed by atoms with Gasteiger partial charge in [0, 0.05) is 0 Å². The van der Waals surface area contributed by atoms with E-state index >= 15 is 0 Å². The fourth-order valence-corrected chi connectivity index (χ4v) is 2.07. The van der Waals surface area contributed by atoms with Crippen molar-refractivity contribution in [2.24, 2.45) is 5.41 Å². The van der Waals surface area contributed by atoms with Crippen LogP contribution < -0.4 is 4.74 Å².